The van der Waals surface area contributed by atoms with Gasteiger partial charge in [0.05, 0.1) is 24.5 Å². The first-order valence-corrected chi connectivity index (χ1v) is 9.51. The van der Waals surface area contributed by atoms with Crippen molar-refractivity contribution in [3.8, 4) is 5.69 Å². The van der Waals surface area contributed by atoms with E-state index in [1.807, 2.05) is 37.4 Å². The predicted octanol–water partition coefficient (Wildman–Crippen LogP) is 3.17. The van der Waals surface area contributed by atoms with Gasteiger partial charge in [-0.15, -0.1) is 10.2 Å². The highest BCUT2D eigenvalue weighted by atomic mass is 79.9. The van der Waals surface area contributed by atoms with Gasteiger partial charge in [-0.05, 0) is 43.7 Å². The molecule has 4 heterocycles. The van der Waals surface area contributed by atoms with Crippen molar-refractivity contribution in [2.75, 3.05) is 13.2 Å². The third kappa shape index (κ3) is 2.21. The van der Waals surface area contributed by atoms with Crippen LogP contribution in [0.5, 0.6) is 0 Å². The SMILES string of the molecule is Cc1nnc2n1-c1ccc(Br)cc1C1(c3ccccn3)OCCCN1C2. The van der Waals surface area contributed by atoms with Crippen LogP contribution in [0.15, 0.2) is 47.1 Å². The lowest BCUT2D eigenvalue weighted by atomic mass is 9.93. The monoisotopic (exact) mass is 411 g/mol. The Balaban J connectivity index is 1.87. The number of rotatable bonds is 1. The summed E-state index contributed by atoms with van der Waals surface area (Å²) in [5.41, 5.74) is 2.27. The number of halogens is 1. The quantitative estimate of drug-likeness (QED) is 0.615. The van der Waals surface area contributed by atoms with Gasteiger partial charge in [-0.3, -0.25) is 14.5 Å². The van der Waals surface area contributed by atoms with Crippen LogP contribution >= 0.6 is 15.9 Å². The summed E-state index contributed by atoms with van der Waals surface area (Å²) in [5.74, 6) is 1.80. The van der Waals surface area contributed by atoms with E-state index in [1.165, 1.54) is 0 Å². The van der Waals surface area contributed by atoms with Gasteiger partial charge in [-0.1, -0.05) is 22.0 Å². The molecule has 2 aliphatic heterocycles. The Kier molecular flexibility index (Phi) is 3.70. The van der Waals surface area contributed by atoms with E-state index in [4.69, 9.17) is 9.72 Å². The van der Waals surface area contributed by atoms with Crippen LogP contribution in [0.2, 0.25) is 0 Å². The van der Waals surface area contributed by atoms with Gasteiger partial charge in [0.15, 0.2) is 11.5 Å². The minimum Gasteiger partial charge on any atom is -0.350 e. The first-order valence-electron chi connectivity index (χ1n) is 8.72. The lowest BCUT2D eigenvalue weighted by Crippen LogP contribution is -2.52. The lowest BCUT2D eigenvalue weighted by Gasteiger charge is -2.45. The highest BCUT2D eigenvalue weighted by Gasteiger charge is 2.49. The van der Waals surface area contributed by atoms with Gasteiger partial charge in [-0.25, -0.2) is 0 Å². The van der Waals surface area contributed by atoms with E-state index in [1.54, 1.807) is 0 Å². The number of hydrogen-bond acceptors (Lipinski definition) is 5. The highest BCUT2D eigenvalue weighted by molar-refractivity contribution is 9.10. The molecule has 0 N–H and O–H groups in total. The average molecular weight is 412 g/mol. The Morgan fingerprint density at radius 2 is 2.12 bits per heavy atom. The maximum atomic E-state index is 6.54. The molecule has 132 valence electrons. The summed E-state index contributed by atoms with van der Waals surface area (Å²) in [4.78, 5) is 7.02. The van der Waals surface area contributed by atoms with Crippen molar-refractivity contribution < 1.29 is 4.74 Å². The van der Waals surface area contributed by atoms with Crippen molar-refractivity contribution in [3.63, 3.8) is 0 Å². The molecule has 0 radical (unpaired) electrons. The van der Waals surface area contributed by atoms with Crippen molar-refractivity contribution in [1.29, 1.82) is 0 Å². The molecule has 1 atom stereocenters. The van der Waals surface area contributed by atoms with Crippen LogP contribution in [0.1, 0.15) is 29.3 Å². The number of pyridine rings is 1. The standard InChI is InChI=1S/C19H18BrN5O/c1-13-22-23-18-12-24-9-4-10-26-19(24,17-5-2-3-8-21-17)15-11-14(20)6-7-16(15)25(13)18/h2-3,5-8,11H,4,9-10,12H2,1H3. The molecular formula is C19H18BrN5O. The van der Waals surface area contributed by atoms with Crippen LogP contribution in [0.4, 0.5) is 0 Å². The smallest absolute Gasteiger partial charge is 0.193 e. The number of nitrogens with zero attached hydrogens (tertiary/aromatic N) is 5. The average Bonchev–Trinajstić information content (AvgIpc) is 2.97. The lowest BCUT2D eigenvalue weighted by molar-refractivity contribution is -0.171. The van der Waals surface area contributed by atoms with E-state index in [0.717, 1.165) is 46.0 Å². The van der Waals surface area contributed by atoms with Gasteiger partial charge < -0.3 is 4.74 Å². The molecule has 0 amide bonds. The van der Waals surface area contributed by atoms with Gasteiger partial charge >= 0.3 is 0 Å². The molecule has 1 saturated heterocycles. The molecular weight excluding hydrogens is 394 g/mol. The van der Waals surface area contributed by atoms with Crippen LogP contribution in [0, 0.1) is 6.92 Å². The Morgan fingerprint density at radius 1 is 1.19 bits per heavy atom. The van der Waals surface area contributed by atoms with Crippen LogP contribution in [-0.4, -0.2) is 37.8 Å². The zero-order valence-corrected chi connectivity index (χ0v) is 16.0. The van der Waals surface area contributed by atoms with Crippen molar-refractivity contribution >= 4 is 15.9 Å². The molecule has 7 heteroatoms. The van der Waals surface area contributed by atoms with Crippen LogP contribution in [-0.2, 0) is 17.0 Å². The molecule has 1 fully saturated rings. The molecule has 2 aliphatic rings. The fraction of sp³-hybridized carbons (Fsp3) is 0.316. The molecule has 3 aromatic rings. The Morgan fingerprint density at radius 3 is 2.96 bits per heavy atom. The predicted molar refractivity (Wildman–Crippen MR) is 99.8 cm³/mol. The summed E-state index contributed by atoms with van der Waals surface area (Å²) in [6, 6.07) is 12.3. The maximum absolute atomic E-state index is 6.54. The van der Waals surface area contributed by atoms with E-state index in [9.17, 15) is 0 Å². The zero-order chi connectivity index (χ0) is 17.7. The Hall–Kier alpha value is -2.09. The molecule has 6 nitrogen and oxygen atoms in total. The first kappa shape index (κ1) is 16.1. The molecule has 0 spiro atoms. The van der Waals surface area contributed by atoms with Crippen LogP contribution in [0.25, 0.3) is 5.69 Å². The minimum atomic E-state index is -0.730. The second kappa shape index (κ2) is 5.97. The topological polar surface area (TPSA) is 56.1 Å². The summed E-state index contributed by atoms with van der Waals surface area (Å²) >= 11 is 3.64. The number of fused-ring (bicyclic) bond motifs is 5. The van der Waals surface area contributed by atoms with E-state index in [-0.39, 0.29) is 0 Å². The zero-order valence-electron chi connectivity index (χ0n) is 14.4. The van der Waals surface area contributed by atoms with E-state index in [0.29, 0.717) is 13.2 Å². The molecule has 0 saturated carbocycles. The summed E-state index contributed by atoms with van der Waals surface area (Å²) in [6.45, 7) is 4.25. The van der Waals surface area contributed by atoms with E-state index in [2.05, 4.69) is 47.7 Å². The first-order chi connectivity index (χ1) is 12.7. The number of hydrogen-bond donors (Lipinski definition) is 0. The molecule has 0 aliphatic carbocycles. The fourth-order valence-electron chi connectivity index (χ4n) is 4.07. The highest BCUT2D eigenvalue weighted by Crippen LogP contribution is 2.45. The third-order valence-corrected chi connectivity index (χ3v) is 5.62. The summed E-state index contributed by atoms with van der Waals surface area (Å²) in [5, 5.41) is 8.75. The van der Waals surface area contributed by atoms with Gasteiger partial charge in [0.2, 0.25) is 0 Å². The van der Waals surface area contributed by atoms with Gasteiger partial charge in [0, 0.05) is 22.8 Å². The second-order valence-electron chi connectivity index (χ2n) is 6.64. The number of ether oxygens (including phenoxy) is 1. The van der Waals surface area contributed by atoms with Gasteiger partial charge in [0.1, 0.15) is 5.82 Å². The molecule has 1 aromatic carbocycles. The third-order valence-electron chi connectivity index (χ3n) is 5.13. The summed E-state index contributed by atoms with van der Waals surface area (Å²) < 4.78 is 9.68. The van der Waals surface area contributed by atoms with Crippen molar-refractivity contribution in [2.24, 2.45) is 0 Å². The van der Waals surface area contributed by atoms with Gasteiger partial charge in [-0.2, -0.15) is 0 Å². The molecule has 26 heavy (non-hydrogen) atoms. The molecule has 5 rings (SSSR count). The minimum absolute atomic E-state index is 0.656. The van der Waals surface area contributed by atoms with Crippen molar-refractivity contribution in [3.05, 3.63) is 70.0 Å². The summed E-state index contributed by atoms with van der Waals surface area (Å²) in [6.07, 6.45) is 2.80. The van der Waals surface area contributed by atoms with Crippen LogP contribution < -0.4 is 0 Å². The van der Waals surface area contributed by atoms with Gasteiger partial charge in [0.25, 0.3) is 0 Å². The summed E-state index contributed by atoms with van der Waals surface area (Å²) in [7, 11) is 0. The number of benzene rings is 1. The maximum Gasteiger partial charge on any atom is 0.193 e. The van der Waals surface area contributed by atoms with E-state index < -0.39 is 5.72 Å². The van der Waals surface area contributed by atoms with E-state index >= 15 is 0 Å². The molecule has 0 bridgehead atoms. The second-order valence-corrected chi connectivity index (χ2v) is 7.56. The Bertz CT molecular complexity index is 973. The molecule has 1 unspecified atom stereocenters. The van der Waals surface area contributed by atoms with Crippen molar-refractivity contribution in [1.82, 2.24) is 24.6 Å². The van der Waals surface area contributed by atoms with Crippen LogP contribution in [0.3, 0.4) is 0 Å². The fourth-order valence-corrected chi connectivity index (χ4v) is 4.43. The van der Waals surface area contributed by atoms with Crippen molar-refractivity contribution in [2.45, 2.75) is 25.6 Å². The number of aromatic nitrogens is 4. The normalized spacial score (nSPS) is 22.2. The number of aryl methyl sites for hydroxylation is 1. The Labute approximate surface area is 160 Å². The largest absolute Gasteiger partial charge is 0.350 e. The molecule has 2 aromatic heterocycles.